The van der Waals surface area contributed by atoms with Gasteiger partial charge in [0.25, 0.3) is 5.91 Å². The summed E-state index contributed by atoms with van der Waals surface area (Å²) in [7, 11) is 0. The van der Waals surface area contributed by atoms with Gasteiger partial charge in [0.05, 0.1) is 0 Å². The lowest BCUT2D eigenvalue weighted by Gasteiger charge is -2.37. The van der Waals surface area contributed by atoms with Gasteiger partial charge in [0, 0.05) is 29.2 Å². The third-order valence-corrected chi connectivity index (χ3v) is 5.38. The zero-order valence-corrected chi connectivity index (χ0v) is 14.8. The lowest BCUT2D eigenvalue weighted by Crippen LogP contribution is -2.46. The monoisotopic (exact) mass is 352 g/mol. The Morgan fingerprint density at radius 3 is 2.43 bits per heavy atom. The normalized spacial score (nSPS) is 16.5. The minimum absolute atomic E-state index is 0.170. The Balaban J connectivity index is 1.98. The van der Waals surface area contributed by atoms with E-state index in [0.717, 1.165) is 54.6 Å². The van der Waals surface area contributed by atoms with Gasteiger partial charge in [-0.3, -0.25) is 4.79 Å². The van der Waals surface area contributed by atoms with Crippen molar-refractivity contribution in [1.29, 1.82) is 0 Å². The Morgan fingerprint density at radius 2 is 1.90 bits per heavy atom. The molecule has 0 saturated carbocycles. The molecule has 0 aliphatic carbocycles. The van der Waals surface area contributed by atoms with E-state index in [2.05, 4.69) is 34.7 Å². The summed E-state index contributed by atoms with van der Waals surface area (Å²) in [5, 5.41) is 0. The minimum atomic E-state index is 0.170. The molecule has 1 aromatic carbocycles. The SMILES string of the molecule is CCN(CC)C1CCN(C(=O)c2ccc(Br)c(C)c2)CC1. The Hall–Kier alpha value is -0.870. The van der Waals surface area contributed by atoms with E-state index >= 15 is 0 Å². The summed E-state index contributed by atoms with van der Waals surface area (Å²) in [6, 6.07) is 6.49. The van der Waals surface area contributed by atoms with Crippen LogP contribution in [0.1, 0.15) is 42.6 Å². The molecule has 0 spiro atoms. The second-order valence-corrected chi connectivity index (χ2v) is 6.56. The Labute approximate surface area is 136 Å². The largest absolute Gasteiger partial charge is 0.339 e. The number of aryl methyl sites for hydroxylation is 1. The maximum Gasteiger partial charge on any atom is 0.253 e. The summed E-state index contributed by atoms with van der Waals surface area (Å²) in [5.74, 6) is 0.170. The van der Waals surface area contributed by atoms with Crippen molar-refractivity contribution in [1.82, 2.24) is 9.80 Å². The molecular formula is C17H25BrN2O. The first-order valence-electron chi connectivity index (χ1n) is 7.86. The van der Waals surface area contributed by atoms with Crippen LogP contribution < -0.4 is 0 Å². The van der Waals surface area contributed by atoms with E-state index in [1.165, 1.54) is 0 Å². The lowest BCUT2D eigenvalue weighted by atomic mass is 10.0. The van der Waals surface area contributed by atoms with Gasteiger partial charge in [0.15, 0.2) is 0 Å². The number of hydrogen-bond donors (Lipinski definition) is 0. The molecule has 0 N–H and O–H groups in total. The van der Waals surface area contributed by atoms with Crippen LogP contribution >= 0.6 is 15.9 Å². The highest BCUT2D eigenvalue weighted by Gasteiger charge is 2.26. The van der Waals surface area contributed by atoms with Crippen LogP contribution in [0.5, 0.6) is 0 Å². The quantitative estimate of drug-likeness (QED) is 0.824. The van der Waals surface area contributed by atoms with Crippen LogP contribution in [0.15, 0.2) is 22.7 Å². The Bertz CT molecular complexity index is 492. The molecule has 3 nitrogen and oxygen atoms in total. The Morgan fingerprint density at radius 1 is 1.29 bits per heavy atom. The molecule has 2 rings (SSSR count). The summed E-state index contributed by atoms with van der Waals surface area (Å²) in [6.45, 7) is 10.4. The molecule has 1 fully saturated rings. The number of halogens is 1. The highest BCUT2D eigenvalue weighted by atomic mass is 79.9. The number of likely N-dealkylation sites (tertiary alicyclic amines) is 1. The van der Waals surface area contributed by atoms with E-state index in [1.807, 2.05) is 30.0 Å². The number of rotatable bonds is 4. The highest BCUT2D eigenvalue weighted by Crippen LogP contribution is 2.21. The van der Waals surface area contributed by atoms with Gasteiger partial charge in [-0.05, 0) is 56.6 Å². The average Bonchev–Trinajstić information content (AvgIpc) is 2.51. The topological polar surface area (TPSA) is 23.6 Å². The molecule has 0 radical (unpaired) electrons. The van der Waals surface area contributed by atoms with Crippen LogP contribution in [0.3, 0.4) is 0 Å². The molecule has 0 atom stereocenters. The van der Waals surface area contributed by atoms with Gasteiger partial charge in [-0.15, -0.1) is 0 Å². The van der Waals surface area contributed by atoms with Crippen molar-refractivity contribution in [3.05, 3.63) is 33.8 Å². The minimum Gasteiger partial charge on any atom is -0.339 e. The number of hydrogen-bond acceptors (Lipinski definition) is 2. The number of piperidine rings is 1. The molecule has 1 aromatic rings. The predicted molar refractivity (Wildman–Crippen MR) is 90.7 cm³/mol. The number of benzene rings is 1. The van der Waals surface area contributed by atoms with Crippen LogP contribution in [0.2, 0.25) is 0 Å². The van der Waals surface area contributed by atoms with Gasteiger partial charge in [-0.2, -0.15) is 0 Å². The molecule has 1 saturated heterocycles. The van der Waals surface area contributed by atoms with Crippen LogP contribution in [0.25, 0.3) is 0 Å². The molecule has 21 heavy (non-hydrogen) atoms. The van der Waals surface area contributed by atoms with E-state index in [1.54, 1.807) is 0 Å². The highest BCUT2D eigenvalue weighted by molar-refractivity contribution is 9.10. The van der Waals surface area contributed by atoms with Gasteiger partial charge < -0.3 is 9.80 Å². The predicted octanol–water partition coefficient (Wildman–Crippen LogP) is 3.70. The van der Waals surface area contributed by atoms with E-state index < -0.39 is 0 Å². The molecule has 1 aliphatic rings. The first-order valence-corrected chi connectivity index (χ1v) is 8.65. The molecule has 4 heteroatoms. The fourth-order valence-corrected chi connectivity index (χ4v) is 3.38. The molecule has 1 heterocycles. The summed E-state index contributed by atoms with van der Waals surface area (Å²) < 4.78 is 1.05. The fraction of sp³-hybridized carbons (Fsp3) is 0.588. The van der Waals surface area contributed by atoms with Crippen LogP contribution in [0.4, 0.5) is 0 Å². The zero-order valence-electron chi connectivity index (χ0n) is 13.2. The second-order valence-electron chi connectivity index (χ2n) is 5.71. The van der Waals surface area contributed by atoms with Crippen molar-refractivity contribution >= 4 is 21.8 Å². The van der Waals surface area contributed by atoms with E-state index in [4.69, 9.17) is 0 Å². The molecule has 1 aliphatic heterocycles. The maximum atomic E-state index is 12.6. The van der Waals surface area contributed by atoms with Crippen molar-refractivity contribution < 1.29 is 4.79 Å². The third kappa shape index (κ3) is 3.86. The molecular weight excluding hydrogens is 328 g/mol. The number of carbonyl (C=O) groups is 1. The summed E-state index contributed by atoms with van der Waals surface area (Å²) in [5.41, 5.74) is 1.91. The smallest absolute Gasteiger partial charge is 0.253 e. The van der Waals surface area contributed by atoms with Crippen molar-refractivity contribution in [3.8, 4) is 0 Å². The zero-order chi connectivity index (χ0) is 15.4. The standard InChI is InChI=1S/C17H25BrN2O/c1-4-19(5-2)15-8-10-20(11-9-15)17(21)14-6-7-16(18)13(3)12-14/h6-7,12,15H,4-5,8-11H2,1-3H3. The molecule has 116 valence electrons. The van der Waals surface area contributed by atoms with E-state index in [-0.39, 0.29) is 5.91 Å². The number of amides is 1. The summed E-state index contributed by atoms with van der Waals surface area (Å²) >= 11 is 3.48. The maximum absolute atomic E-state index is 12.6. The molecule has 0 bridgehead atoms. The molecule has 0 unspecified atom stereocenters. The first kappa shape index (κ1) is 16.5. The summed E-state index contributed by atoms with van der Waals surface area (Å²) in [4.78, 5) is 17.1. The van der Waals surface area contributed by atoms with Crippen LogP contribution in [-0.2, 0) is 0 Å². The van der Waals surface area contributed by atoms with Crippen molar-refractivity contribution in [2.24, 2.45) is 0 Å². The van der Waals surface area contributed by atoms with Gasteiger partial charge in [0.1, 0.15) is 0 Å². The number of carbonyl (C=O) groups excluding carboxylic acids is 1. The van der Waals surface area contributed by atoms with Gasteiger partial charge in [-0.1, -0.05) is 29.8 Å². The van der Waals surface area contributed by atoms with Crippen LogP contribution in [-0.4, -0.2) is 47.9 Å². The second kappa shape index (κ2) is 7.41. The molecule has 1 amide bonds. The van der Waals surface area contributed by atoms with Crippen molar-refractivity contribution in [2.75, 3.05) is 26.2 Å². The Kier molecular flexibility index (Phi) is 5.82. The van der Waals surface area contributed by atoms with Crippen LogP contribution in [0, 0.1) is 6.92 Å². The lowest BCUT2D eigenvalue weighted by molar-refractivity contribution is 0.0631. The van der Waals surface area contributed by atoms with Gasteiger partial charge in [-0.25, -0.2) is 0 Å². The van der Waals surface area contributed by atoms with E-state index in [9.17, 15) is 4.79 Å². The van der Waals surface area contributed by atoms with Crippen molar-refractivity contribution in [2.45, 2.75) is 39.7 Å². The van der Waals surface area contributed by atoms with Crippen molar-refractivity contribution in [3.63, 3.8) is 0 Å². The number of nitrogens with zero attached hydrogens (tertiary/aromatic N) is 2. The third-order valence-electron chi connectivity index (χ3n) is 4.49. The average molecular weight is 353 g/mol. The fourth-order valence-electron chi connectivity index (χ4n) is 3.13. The summed E-state index contributed by atoms with van der Waals surface area (Å²) in [6.07, 6.45) is 2.17. The molecule has 0 aromatic heterocycles. The van der Waals surface area contributed by atoms with Gasteiger partial charge >= 0.3 is 0 Å². The first-order chi connectivity index (χ1) is 10.1. The van der Waals surface area contributed by atoms with E-state index in [0.29, 0.717) is 6.04 Å². The van der Waals surface area contributed by atoms with Gasteiger partial charge in [0.2, 0.25) is 0 Å².